The van der Waals surface area contributed by atoms with Crippen molar-refractivity contribution in [2.75, 3.05) is 6.61 Å². The number of nitrogens with one attached hydrogen (secondary N) is 1. The lowest BCUT2D eigenvalue weighted by Gasteiger charge is -2.17. The molecule has 1 rings (SSSR count). The zero-order valence-corrected chi connectivity index (χ0v) is 10.4. The first-order valence-electron chi connectivity index (χ1n) is 5.50. The second-order valence-corrected chi connectivity index (χ2v) is 3.90. The molecule has 0 spiro atoms. The number of ether oxygens (including phenoxy) is 1. The Kier molecular flexibility index (Phi) is 4.95. The molecule has 110 valence electrons. The lowest BCUT2D eigenvalue weighted by Crippen LogP contribution is -2.43. The van der Waals surface area contributed by atoms with Crippen LogP contribution in [-0.4, -0.2) is 29.6 Å². The average molecular weight is 291 g/mol. The minimum absolute atomic E-state index is 0.489. The second-order valence-electron chi connectivity index (χ2n) is 3.90. The first-order chi connectivity index (χ1) is 9.21. The molecule has 0 aliphatic rings. The van der Waals surface area contributed by atoms with E-state index in [9.17, 15) is 22.8 Å². The largest absolute Gasteiger partial charge is 0.490 e. The molecule has 1 aromatic rings. The van der Waals surface area contributed by atoms with Crippen LogP contribution in [0.4, 0.5) is 13.2 Å². The summed E-state index contributed by atoms with van der Waals surface area (Å²) >= 11 is 0. The number of carbonyl (C=O) groups is 2. The van der Waals surface area contributed by atoms with Gasteiger partial charge < -0.3 is 15.2 Å². The molecule has 5 nitrogen and oxygen atoms in total. The van der Waals surface area contributed by atoms with Gasteiger partial charge in [0.1, 0.15) is 12.4 Å². The summed E-state index contributed by atoms with van der Waals surface area (Å²) in [5.41, 5.74) is -1.01. The van der Waals surface area contributed by atoms with Crippen molar-refractivity contribution in [3.05, 3.63) is 29.8 Å². The maximum Gasteiger partial charge on any atom is 0.419 e. The van der Waals surface area contributed by atoms with Gasteiger partial charge in [-0.05, 0) is 12.1 Å². The van der Waals surface area contributed by atoms with E-state index in [-0.39, 0.29) is 0 Å². The van der Waals surface area contributed by atoms with Crippen molar-refractivity contribution in [1.29, 1.82) is 0 Å². The lowest BCUT2D eigenvalue weighted by atomic mass is 10.2. The van der Waals surface area contributed by atoms with Gasteiger partial charge in [0.2, 0.25) is 5.91 Å². The Morgan fingerprint density at radius 3 is 2.45 bits per heavy atom. The molecule has 0 saturated carbocycles. The Hall–Kier alpha value is -2.25. The van der Waals surface area contributed by atoms with Crippen LogP contribution in [0.15, 0.2) is 24.3 Å². The van der Waals surface area contributed by atoms with Gasteiger partial charge in [0.15, 0.2) is 6.04 Å². The molecule has 1 unspecified atom stereocenters. The molecule has 0 aromatic heterocycles. The van der Waals surface area contributed by atoms with Crippen LogP contribution >= 0.6 is 0 Å². The number of halogens is 3. The third kappa shape index (κ3) is 4.45. The average Bonchev–Trinajstić information content (AvgIpc) is 2.33. The highest BCUT2D eigenvalue weighted by atomic mass is 19.4. The summed E-state index contributed by atoms with van der Waals surface area (Å²) < 4.78 is 42.9. The molecule has 1 amide bonds. The summed E-state index contributed by atoms with van der Waals surface area (Å²) in [7, 11) is 0. The summed E-state index contributed by atoms with van der Waals surface area (Å²) in [6.07, 6.45) is -4.61. The van der Waals surface area contributed by atoms with Crippen molar-refractivity contribution in [1.82, 2.24) is 5.32 Å². The maximum absolute atomic E-state index is 12.7. The number of carboxylic acid groups (broad SMARTS) is 1. The summed E-state index contributed by atoms with van der Waals surface area (Å²) in [6, 6.07) is 3.00. The van der Waals surface area contributed by atoms with E-state index in [1.54, 1.807) is 0 Å². The monoisotopic (exact) mass is 291 g/mol. The zero-order chi connectivity index (χ0) is 15.3. The van der Waals surface area contributed by atoms with Gasteiger partial charge >= 0.3 is 12.1 Å². The van der Waals surface area contributed by atoms with Gasteiger partial charge in [0, 0.05) is 6.92 Å². The molecular formula is C12H12F3NO4. The van der Waals surface area contributed by atoms with Crippen LogP contribution in [0, 0.1) is 0 Å². The molecule has 0 radical (unpaired) electrons. The van der Waals surface area contributed by atoms with E-state index < -0.39 is 42.0 Å². The molecule has 0 aliphatic carbocycles. The lowest BCUT2D eigenvalue weighted by molar-refractivity contribution is -0.142. The minimum Gasteiger partial charge on any atom is -0.490 e. The molecular weight excluding hydrogens is 279 g/mol. The van der Waals surface area contributed by atoms with Gasteiger partial charge in [-0.25, -0.2) is 4.79 Å². The fourth-order valence-electron chi connectivity index (χ4n) is 1.42. The van der Waals surface area contributed by atoms with E-state index in [2.05, 4.69) is 5.32 Å². The number of alkyl halides is 3. The molecule has 0 bridgehead atoms. The molecule has 8 heteroatoms. The second kappa shape index (κ2) is 6.27. The molecule has 0 saturated heterocycles. The van der Waals surface area contributed by atoms with Crippen LogP contribution in [0.1, 0.15) is 12.5 Å². The van der Waals surface area contributed by atoms with Crippen LogP contribution in [0.5, 0.6) is 5.75 Å². The topological polar surface area (TPSA) is 75.6 Å². The van der Waals surface area contributed by atoms with Gasteiger partial charge in [-0.3, -0.25) is 4.79 Å². The Morgan fingerprint density at radius 2 is 1.95 bits per heavy atom. The van der Waals surface area contributed by atoms with Crippen LogP contribution in [0.2, 0.25) is 0 Å². The number of benzene rings is 1. The minimum atomic E-state index is -4.61. The third-order valence-electron chi connectivity index (χ3n) is 2.27. The van der Waals surface area contributed by atoms with Gasteiger partial charge in [0.05, 0.1) is 5.56 Å². The highest BCUT2D eigenvalue weighted by Gasteiger charge is 2.34. The normalized spacial score (nSPS) is 12.6. The van der Waals surface area contributed by atoms with Crippen molar-refractivity contribution < 1.29 is 32.6 Å². The molecule has 1 atom stereocenters. The number of aliphatic carboxylic acids is 1. The fraction of sp³-hybridized carbons (Fsp3) is 0.333. The Labute approximate surface area is 112 Å². The molecule has 0 aliphatic heterocycles. The van der Waals surface area contributed by atoms with Crippen molar-refractivity contribution >= 4 is 11.9 Å². The predicted octanol–water partition coefficient (Wildman–Crippen LogP) is 1.67. The highest BCUT2D eigenvalue weighted by molar-refractivity contribution is 5.82. The summed E-state index contributed by atoms with van der Waals surface area (Å²) in [5.74, 6) is -2.51. The van der Waals surface area contributed by atoms with Crippen LogP contribution in [0.3, 0.4) is 0 Å². The molecule has 0 heterocycles. The number of carboxylic acids is 1. The van der Waals surface area contributed by atoms with Crippen LogP contribution < -0.4 is 10.1 Å². The van der Waals surface area contributed by atoms with E-state index in [0.717, 1.165) is 19.1 Å². The first kappa shape index (κ1) is 15.8. The Balaban J connectivity index is 2.83. The fourth-order valence-corrected chi connectivity index (χ4v) is 1.42. The summed E-state index contributed by atoms with van der Waals surface area (Å²) in [4.78, 5) is 21.6. The van der Waals surface area contributed by atoms with Crippen LogP contribution in [-0.2, 0) is 15.8 Å². The van der Waals surface area contributed by atoms with Crippen molar-refractivity contribution in [3.63, 3.8) is 0 Å². The van der Waals surface area contributed by atoms with Crippen molar-refractivity contribution in [2.45, 2.75) is 19.1 Å². The summed E-state index contributed by atoms with van der Waals surface area (Å²) in [6.45, 7) is 0.488. The number of rotatable bonds is 5. The highest BCUT2D eigenvalue weighted by Crippen LogP contribution is 2.35. The van der Waals surface area contributed by atoms with E-state index in [0.29, 0.717) is 0 Å². The van der Waals surface area contributed by atoms with Gasteiger partial charge in [-0.2, -0.15) is 13.2 Å². The number of carbonyl (C=O) groups excluding carboxylic acids is 1. The molecule has 2 N–H and O–H groups in total. The number of amides is 1. The Morgan fingerprint density at radius 1 is 1.35 bits per heavy atom. The molecule has 0 fully saturated rings. The van der Waals surface area contributed by atoms with E-state index in [4.69, 9.17) is 9.84 Å². The number of para-hydroxylation sites is 1. The number of hydrogen-bond donors (Lipinski definition) is 2. The predicted molar refractivity (Wildman–Crippen MR) is 62.2 cm³/mol. The van der Waals surface area contributed by atoms with Crippen molar-refractivity contribution in [3.8, 4) is 5.75 Å². The van der Waals surface area contributed by atoms with Crippen molar-refractivity contribution in [2.24, 2.45) is 0 Å². The smallest absolute Gasteiger partial charge is 0.419 e. The summed E-state index contributed by atoms with van der Waals surface area (Å²) in [5, 5.41) is 10.9. The van der Waals surface area contributed by atoms with Crippen LogP contribution in [0.25, 0.3) is 0 Å². The zero-order valence-electron chi connectivity index (χ0n) is 10.4. The molecule has 1 aromatic carbocycles. The SMILES string of the molecule is CC(=O)NC(COc1ccccc1C(F)(F)F)C(=O)O. The standard InChI is InChI=1S/C12H12F3NO4/c1-7(17)16-9(11(18)19)6-20-10-5-3-2-4-8(10)12(13,14)15/h2-5,9H,6H2,1H3,(H,16,17)(H,18,19). The third-order valence-corrected chi connectivity index (χ3v) is 2.27. The molecule has 20 heavy (non-hydrogen) atoms. The van der Waals surface area contributed by atoms with E-state index in [1.165, 1.54) is 12.1 Å². The van der Waals surface area contributed by atoms with Gasteiger partial charge in [-0.1, -0.05) is 12.1 Å². The van der Waals surface area contributed by atoms with Gasteiger partial charge in [0.25, 0.3) is 0 Å². The van der Waals surface area contributed by atoms with Gasteiger partial charge in [-0.15, -0.1) is 0 Å². The Bertz CT molecular complexity index is 502. The number of hydrogen-bond acceptors (Lipinski definition) is 3. The van der Waals surface area contributed by atoms with E-state index in [1.807, 2.05) is 0 Å². The maximum atomic E-state index is 12.7. The quantitative estimate of drug-likeness (QED) is 0.865. The first-order valence-corrected chi connectivity index (χ1v) is 5.50. The van der Waals surface area contributed by atoms with E-state index >= 15 is 0 Å².